The van der Waals surface area contributed by atoms with E-state index in [0.717, 1.165) is 5.56 Å². The quantitative estimate of drug-likeness (QED) is 0.434. The van der Waals surface area contributed by atoms with Crippen molar-refractivity contribution in [1.29, 1.82) is 5.26 Å². The third-order valence-electron chi connectivity index (χ3n) is 4.63. The van der Waals surface area contributed by atoms with Crippen molar-refractivity contribution in [2.45, 2.75) is 82.0 Å². The summed E-state index contributed by atoms with van der Waals surface area (Å²) in [5.74, 6) is 0.653. The number of unbranched alkanes of at least 4 members (excludes halogenated alkanes) is 3. The Balaban J connectivity index is 3.14. The molecule has 0 fully saturated rings. The van der Waals surface area contributed by atoms with Crippen molar-refractivity contribution in [3.05, 3.63) is 17.8 Å². The van der Waals surface area contributed by atoms with Gasteiger partial charge in [-0.15, -0.1) is 0 Å². The number of hydrogen-bond donors (Lipinski definition) is 0. The van der Waals surface area contributed by atoms with Crippen molar-refractivity contribution in [2.24, 2.45) is 0 Å². The molecule has 0 bridgehead atoms. The first-order chi connectivity index (χ1) is 11.6. The molecule has 4 heteroatoms. The number of ether oxygens (including phenoxy) is 1. The summed E-state index contributed by atoms with van der Waals surface area (Å²) in [5.41, 5.74) is 0.774. The van der Waals surface area contributed by atoms with Gasteiger partial charge in [-0.3, -0.25) is 0 Å². The average Bonchev–Trinajstić information content (AvgIpc) is 2.62. The summed E-state index contributed by atoms with van der Waals surface area (Å²) >= 11 is -0.924. The Labute approximate surface area is 158 Å². The second kappa shape index (κ2) is 11.7. The number of nitriles is 1. The second-order valence-electron chi connectivity index (χ2n) is 6.60. The summed E-state index contributed by atoms with van der Waals surface area (Å²) in [7, 11) is 1.65. The Morgan fingerprint density at radius 1 is 1.08 bits per heavy atom. The van der Waals surface area contributed by atoms with E-state index in [1.54, 1.807) is 13.3 Å². The van der Waals surface area contributed by atoms with Gasteiger partial charge in [0.2, 0.25) is 0 Å². The molecule has 0 atom stereocenters. The average molecular weight is 435 g/mol. The molecule has 0 saturated carbocycles. The Kier molecular flexibility index (Phi) is 10.4. The van der Waals surface area contributed by atoms with E-state index in [4.69, 9.17) is 4.74 Å². The molecule has 24 heavy (non-hydrogen) atoms. The summed E-state index contributed by atoms with van der Waals surface area (Å²) in [6, 6.07) is 4.41. The Morgan fingerprint density at radius 3 is 2.04 bits per heavy atom. The van der Waals surface area contributed by atoms with Crippen LogP contribution >= 0.6 is 0 Å². The fourth-order valence-corrected chi connectivity index (χ4v) is 8.64. The van der Waals surface area contributed by atoms with Gasteiger partial charge in [-0.05, 0) is 0 Å². The van der Waals surface area contributed by atoms with E-state index < -0.39 is 21.1 Å². The number of rotatable bonds is 12. The summed E-state index contributed by atoms with van der Waals surface area (Å²) in [6.45, 7) is 6.85. The van der Waals surface area contributed by atoms with Gasteiger partial charge in [-0.2, -0.15) is 0 Å². The number of nitrogens with zero attached hydrogens (tertiary/aromatic N) is 2. The maximum absolute atomic E-state index is 9.50. The van der Waals surface area contributed by atoms with Gasteiger partial charge >= 0.3 is 159 Å². The van der Waals surface area contributed by atoms with E-state index in [2.05, 4.69) is 31.8 Å². The van der Waals surface area contributed by atoms with E-state index >= 15 is 0 Å². The molecule has 1 heterocycles. The SMILES string of the molecule is CCCC[C](CCCC)(CCCC)[Sn][c]1cc(OC)ncc1C#N. The molecule has 0 aliphatic heterocycles. The van der Waals surface area contributed by atoms with Crippen LogP contribution in [0.3, 0.4) is 0 Å². The molecule has 2 radical (unpaired) electrons. The fourth-order valence-electron chi connectivity index (χ4n) is 3.13. The van der Waals surface area contributed by atoms with Gasteiger partial charge in [0.05, 0.1) is 0 Å². The van der Waals surface area contributed by atoms with E-state index in [0.29, 0.717) is 9.31 Å². The minimum atomic E-state index is -0.924. The molecule has 0 unspecified atom stereocenters. The minimum absolute atomic E-state index is 0.476. The third kappa shape index (κ3) is 6.62. The third-order valence-corrected chi connectivity index (χ3v) is 10.2. The zero-order chi connectivity index (χ0) is 17.8. The molecule has 0 aromatic carbocycles. The first-order valence-electron chi connectivity index (χ1n) is 9.37. The van der Waals surface area contributed by atoms with Gasteiger partial charge in [-0.25, -0.2) is 0 Å². The molecule has 1 aromatic heterocycles. The van der Waals surface area contributed by atoms with E-state index in [1.807, 2.05) is 6.07 Å². The molecular formula is C20H32N2OSn. The molecule has 132 valence electrons. The van der Waals surface area contributed by atoms with Crippen molar-refractivity contribution >= 4 is 24.7 Å². The van der Waals surface area contributed by atoms with Crippen molar-refractivity contribution < 1.29 is 4.74 Å². The van der Waals surface area contributed by atoms with E-state index in [1.165, 1.54) is 61.4 Å². The monoisotopic (exact) mass is 436 g/mol. The predicted molar refractivity (Wildman–Crippen MR) is 102 cm³/mol. The van der Waals surface area contributed by atoms with Crippen LogP contribution in [-0.2, 0) is 0 Å². The first kappa shape index (κ1) is 21.3. The van der Waals surface area contributed by atoms with Crippen molar-refractivity contribution in [1.82, 2.24) is 4.98 Å². The van der Waals surface area contributed by atoms with Gasteiger partial charge in [0.25, 0.3) is 0 Å². The van der Waals surface area contributed by atoms with Crippen LogP contribution in [0.2, 0.25) is 3.43 Å². The molecular weight excluding hydrogens is 403 g/mol. The van der Waals surface area contributed by atoms with Crippen LogP contribution in [0.4, 0.5) is 0 Å². The molecule has 1 rings (SSSR count). The summed E-state index contributed by atoms with van der Waals surface area (Å²) < 4.78 is 7.07. The Morgan fingerprint density at radius 2 is 1.62 bits per heavy atom. The van der Waals surface area contributed by atoms with Crippen LogP contribution < -0.4 is 8.32 Å². The fraction of sp³-hybridized carbons (Fsp3) is 0.700. The number of aromatic nitrogens is 1. The van der Waals surface area contributed by atoms with Crippen molar-refractivity contribution in [3.8, 4) is 11.9 Å². The molecule has 0 saturated heterocycles. The van der Waals surface area contributed by atoms with Gasteiger partial charge in [0.15, 0.2) is 0 Å². The van der Waals surface area contributed by atoms with Gasteiger partial charge < -0.3 is 0 Å². The van der Waals surface area contributed by atoms with Gasteiger partial charge in [-0.1, -0.05) is 0 Å². The van der Waals surface area contributed by atoms with Crippen LogP contribution in [0.25, 0.3) is 0 Å². The normalized spacial score (nSPS) is 11.3. The van der Waals surface area contributed by atoms with Crippen molar-refractivity contribution in [3.63, 3.8) is 0 Å². The summed E-state index contributed by atoms with van der Waals surface area (Å²) in [6.07, 6.45) is 13.4. The van der Waals surface area contributed by atoms with Gasteiger partial charge in [0, 0.05) is 0 Å². The number of hydrogen-bond acceptors (Lipinski definition) is 3. The summed E-state index contributed by atoms with van der Waals surface area (Å²) in [5, 5.41) is 9.50. The zero-order valence-electron chi connectivity index (χ0n) is 15.8. The molecule has 0 N–H and O–H groups in total. The van der Waals surface area contributed by atoms with Crippen LogP contribution in [0.1, 0.15) is 84.1 Å². The maximum atomic E-state index is 9.50. The van der Waals surface area contributed by atoms with Crippen molar-refractivity contribution in [2.75, 3.05) is 7.11 Å². The molecule has 0 aliphatic rings. The predicted octanol–water partition coefficient (Wildman–Crippen LogP) is 5.02. The van der Waals surface area contributed by atoms with Crippen LogP contribution in [0.5, 0.6) is 5.88 Å². The zero-order valence-corrected chi connectivity index (χ0v) is 18.7. The number of methoxy groups -OCH3 is 1. The van der Waals surface area contributed by atoms with Crippen LogP contribution in [0, 0.1) is 11.3 Å². The number of pyridine rings is 1. The van der Waals surface area contributed by atoms with E-state index in [9.17, 15) is 5.26 Å². The molecule has 3 nitrogen and oxygen atoms in total. The van der Waals surface area contributed by atoms with E-state index in [-0.39, 0.29) is 0 Å². The topological polar surface area (TPSA) is 45.9 Å². The second-order valence-corrected chi connectivity index (χ2v) is 11.9. The Bertz CT molecular complexity index is 503. The molecule has 0 aliphatic carbocycles. The van der Waals surface area contributed by atoms with Gasteiger partial charge in [0.1, 0.15) is 0 Å². The molecule has 0 spiro atoms. The molecule has 1 aromatic rings. The van der Waals surface area contributed by atoms with Crippen LogP contribution in [-0.4, -0.2) is 33.2 Å². The summed E-state index contributed by atoms with van der Waals surface area (Å²) in [4.78, 5) is 4.23. The van der Waals surface area contributed by atoms with Crippen LogP contribution in [0.15, 0.2) is 12.3 Å². The molecule has 0 amide bonds. The Hall–Kier alpha value is -0.761. The first-order valence-corrected chi connectivity index (χ1v) is 12.2. The standard InChI is InChI=1S/C13H27.C7H5N2O.Sn/c1-4-7-10-13(11-8-5-2)12-9-6-3;1-10-7-3-2-6(4-8)5-9-7;/h4-12H2,1-3H3;3,5H,1H3;.